The zero-order chi connectivity index (χ0) is 18.7. The molecule has 0 radical (unpaired) electrons. The van der Waals surface area contributed by atoms with E-state index in [4.69, 9.17) is 8.83 Å². The molecule has 0 unspecified atom stereocenters. The molecule has 0 fully saturated rings. The molecule has 0 N–H and O–H groups in total. The largest absolute Gasteiger partial charge is 0.456 e. The van der Waals surface area contributed by atoms with E-state index >= 15 is 0 Å². The molecular formula is C25H15IO2. The van der Waals surface area contributed by atoms with E-state index < -0.39 is 0 Å². The lowest BCUT2D eigenvalue weighted by molar-refractivity contribution is 0.666. The van der Waals surface area contributed by atoms with Crippen molar-refractivity contribution in [2.75, 3.05) is 0 Å². The highest BCUT2D eigenvalue weighted by atomic mass is 127. The van der Waals surface area contributed by atoms with Crippen LogP contribution in [0.15, 0.2) is 87.7 Å². The smallest absolute Gasteiger partial charge is 0.148 e. The van der Waals surface area contributed by atoms with E-state index in [1.54, 1.807) is 0 Å². The Morgan fingerprint density at radius 1 is 0.571 bits per heavy atom. The van der Waals surface area contributed by atoms with Gasteiger partial charge in [-0.3, -0.25) is 0 Å². The van der Waals surface area contributed by atoms with Gasteiger partial charge in [-0.05, 0) is 70.5 Å². The summed E-state index contributed by atoms with van der Waals surface area (Å²) in [6.07, 6.45) is 0.861. The van der Waals surface area contributed by atoms with Gasteiger partial charge >= 0.3 is 0 Å². The Balaban J connectivity index is 1.44. The Kier molecular flexibility index (Phi) is 3.53. The van der Waals surface area contributed by atoms with Crippen LogP contribution in [0, 0.1) is 3.57 Å². The van der Waals surface area contributed by atoms with Crippen molar-refractivity contribution in [2.24, 2.45) is 0 Å². The van der Waals surface area contributed by atoms with Crippen molar-refractivity contribution < 1.29 is 8.83 Å². The zero-order valence-corrected chi connectivity index (χ0v) is 17.1. The fourth-order valence-corrected chi connectivity index (χ4v) is 4.65. The number of benzene rings is 4. The van der Waals surface area contributed by atoms with Crippen molar-refractivity contribution in [1.29, 1.82) is 0 Å². The summed E-state index contributed by atoms with van der Waals surface area (Å²) in [5.41, 5.74) is 6.31. The topological polar surface area (TPSA) is 26.3 Å². The molecule has 6 aromatic rings. The number of hydrogen-bond acceptors (Lipinski definition) is 2. The van der Waals surface area contributed by atoms with Crippen molar-refractivity contribution >= 4 is 66.5 Å². The summed E-state index contributed by atoms with van der Waals surface area (Å²) in [6.45, 7) is 0. The molecule has 2 nitrogen and oxygen atoms in total. The second-order valence-corrected chi connectivity index (χ2v) is 8.32. The molecule has 4 aromatic carbocycles. The van der Waals surface area contributed by atoms with Crippen LogP contribution < -0.4 is 0 Å². The van der Waals surface area contributed by atoms with Gasteiger partial charge in [0.15, 0.2) is 0 Å². The Bertz CT molecular complexity index is 1500. The Morgan fingerprint density at radius 2 is 1.32 bits per heavy atom. The molecule has 2 heterocycles. The summed E-state index contributed by atoms with van der Waals surface area (Å²) in [5, 5.41) is 4.70. The summed E-state index contributed by atoms with van der Waals surface area (Å²) in [4.78, 5) is 0. The predicted molar refractivity (Wildman–Crippen MR) is 123 cm³/mol. The molecule has 0 aliphatic rings. The number of fused-ring (bicyclic) bond motifs is 6. The van der Waals surface area contributed by atoms with Gasteiger partial charge in [-0.2, -0.15) is 0 Å². The first kappa shape index (κ1) is 16.2. The lowest BCUT2D eigenvalue weighted by atomic mass is 10.0. The van der Waals surface area contributed by atoms with Crippen LogP contribution in [0.1, 0.15) is 11.1 Å². The first-order valence-electron chi connectivity index (χ1n) is 9.26. The minimum atomic E-state index is 0.861. The Morgan fingerprint density at radius 3 is 2.29 bits per heavy atom. The molecule has 0 amide bonds. The Labute approximate surface area is 174 Å². The molecule has 0 saturated heterocycles. The van der Waals surface area contributed by atoms with E-state index in [9.17, 15) is 0 Å². The Hall–Kier alpha value is -2.79. The van der Waals surface area contributed by atoms with E-state index in [1.807, 2.05) is 12.1 Å². The van der Waals surface area contributed by atoms with Crippen molar-refractivity contribution in [1.82, 2.24) is 0 Å². The van der Waals surface area contributed by atoms with Gasteiger partial charge < -0.3 is 8.83 Å². The van der Waals surface area contributed by atoms with Crippen LogP contribution in [0.4, 0.5) is 0 Å². The zero-order valence-electron chi connectivity index (χ0n) is 14.9. The number of hydrogen-bond donors (Lipinski definition) is 0. The molecule has 0 atom stereocenters. The maximum Gasteiger partial charge on any atom is 0.148 e. The van der Waals surface area contributed by atoms with Crippen LogP contribution in [0.2, 0.25) is 0 Å². The van der Waals surface area contributed by atoms with Crippen LogP contribution in [-0.2, 0) is 6.42 Å². The summed E-state index contributed by atoms with van der Waals surface area (Å²) in [6, 6.07) is 27.5. The fourth-order valence-electron chi connectivity index (χ4n) is 4.04. The van der Waals surface area contributed by atoms with Crippen LogP contribution in [0.25, 0.3) is 43.9 Å². The van der Waals surface area contributed by atoms with Gasteiger partial charge in [0.05, 0.1) is 3.57 Å². The molecule has 28 heavy (non-hydrogen) atoms. The van der Waals surface area contributed by atoms with Gasteiger partial charge in [0.1, 0.15) is 22.3 Å². The number of halogens is 1. The average molecular weight is 474 g/mol. The van der Waals surface area contributed by atoms with E-state index in [0.717, 1.165) is 32.3 Å². The van der Waals surface area contributed by atoms with Crippen molar-refractivity contribution in [2.45, 2.75) is 6.42 Å². The van der Waals surface area contributed by atoms with Crippen molar-refractivity contribution in [3.05, 3.63) is 93.6 Å². The number of furan rings is 2. The molecule has 0 aliphatic carbocycles. The van der Waals surface area contributed by atoms with E-state index in [-0.39, 0.29) is 0 Å². The second-order valence-electron chi connectivity index (χ2n) is 7.15. The van der Waals surface area contributed by atoms with E-state index in [0.29, 0.717) is 0 Å². The van der Waals surface area contributed by atoms with Crippen LogP contribution >= 0.6 is 22.6 Å². The monoisotopic (exact) mass is 474 g/mol. The summed E-state index contributed by atoms with van der Waals surface area (Å²) in [7, 11) is 0. The summed E-state index contributed by atoms with van der Waals surface area (Å²) >= 11 is 2.33. The van der Waals surface area contributed by atoms with E-state index in [2.05, 4.69) is 89.3 Å². The van der Waals surface area contributed by atoms with E-state index in [1.165, 1.54) is 32.7 Å². The minimum absolute atomic E-state index is 0.861. The molecule has 0 aliphatic heterocycles. The molecule has 0 spiro atoms. The van der Waals surface area contributed by atoms with Gasteiger partial charge in [-0.1, -0.05) is 48.5 Å². The molecule has 0 saturated carbocycles. The molecule has 6 rings (SSSR count). The maximum absolute atomic E-state index is 6.15. The molecule has 3 heteroatoms. The SMILES string of the molecule is Ic1cccc2c1oc1cc(Cc3ccc4oc5ccccc5c4c3)ccc12. The average Bonchev–Trinajstić information content (AvgIpc) is 3.27. The third kappa shape index (κ3) is 2.46. The first-order valence-corrected chi connectivity index (χ1v) is 10.3. The highest BCUT2D eigenvalue weighted by molar-refractivity contribution is 14.1. The highest BCUT2D eigenvalue weighted by Gasteiger charge is 2.11. The normalized spacial score (nSPS) is 11.9. The fraction of sp³-hybridized carbons (Fsp3) is 0.0400. The predicted octanol–water partition coefficient (Wildman–Crippen LogP) is 7.68. The van der Waals surface area contributed by atoms with Crippen LogP contribution in [0.3, 0.4) is 0 Å². The summed E-state index contributed by atoms with van der Waals surface area (Å²) < 4.78 is 13.2. The first-order chi connectivity index (χ1) is 13.8. The lowest BCUT2D eigenvalue weighted by Gasteiger charge is -2.02. The van der Waals surface area contributed by atoms with Gasteiger partial charge in [-0.15, -0.1) is 0 Å². The maximum atomic E-state index is 6.15. The van der Waals surface area contributed by atoms with Crippen LogP contribution in [-0.4, -0.2) is 0 Å². The number of para-hydroxylation sites is 2. The highest BCUT2D eigenvalue weighted by Crippen LogP contribution is 2.33. The quantitative estimate of drug-likeness (QED) is 0.241. The third-order valence-electron chi connectivity index (χ3n) is 5.36. The molecule has 0 bridgehead atoms. The molecule has 2 aromatic heterocycles. The van der Waals surface area contributed by atoms with Gasteiger partial charge in [0, 0.05) is 21.5 Å². The van der Waals surface area contributed by atoms with Crippen LogP contribution in [0.5, 0.6) is 0 Å². The standard InChI is InChI=1S/C25H15IO2/c26-21-6-3-5-19-18-10-8-16(14-24(18)28-25(19)21)12-15-9-11-23-20(13-15)17-4-1-2-7-22(17)27-23/h1-11,13-14H,12H2. The third-order valence-corrected chi connectivity index (χ3v) is 6.21. The van der Waals surface area contributed by atoms with Gasteiger partial charge in [0.2, 0.25) is 0 Å². The lowest BCUT2D eigenvalue weighted by Crippen LogP contribution is -1.87. The molecular weight excluding hydrogens is 459 g/mol. The van der Waals surface area contributed by atoms with Crippen molar-refractivity contribution in [3.8, 4) is 0 Å². The minimum Gasteiger partial charge on any atom is -0.456 e. The molecule has 134 valence electrons. The second kappa shape index (κ2) is 6.11. The van der Waals surface area contributed by atoms with Gasteiger partial charge in [-0.25, -0.2) is 0 Å². The van der Waals surface area contributed by atoms with Gasteiger partial charge in [0.25, 0.3) is 0 Å². The number of rotatable bonds is 2. The van der Waals surface area contributed by atoms with Crippen molar-refractivity contribution in [3.63, 3.8) is 0 Å². The summed E-state index contributed by atoms with van der Waals surface area (Å²) in [5.74, 6) is 0.